The molecule has 0 spiro atoms. The first-order valence-corrected chi connectivity index (χ1v) is 7.18. The SMILES string of the molecule is C.c1cc[c]([Sn][c]2ccccc2)cc1. The molecular formula is C13H14Sn. The summed E-state index contributed by atoms with van der Waals surface area (Å²) in [5.74, 6) is 0. The topological polar surface area (TPSA) is 0 Å². The molecule has 0 aliphatic heterocycles. The van der Waals surface area contributed by atoms with Crippen LogP contribution in [0.15, 0.2) is 60.7 Å². The molecule has 0 amide bonds. The minimum atomic E-state index is -0.517. The predicted molar refractivity (Wildman–Crippen MR) is 64.6 cm³/mol. The molecule has 0 unspecified atom stereocenters. The maximum absolute atomic E-state index is 2.24. The number of rotatable bonds is 2. The molecule has 0 atom stereocenters. The van der Waals surface area contributed by atoms with Crippen LogP contribution in [0.2, 0.25) is 0 Å². The molecule has 2 radical (unpaired) electrons. The van der Waals surface area contributed by atoms with Gasteiger partial charge >= 0.3 is 89.0 Å². The average molecular weight is 289 g/mol. The van der Waals surface area contributed by atoms with Crippen LogP contribution in [0.5, 0.6) is 0 Å². The third-order valence-corrected chi connectivity index (χ3v) is 5.39. The third kappa shape index (κ3) is 3.18. The van der Waals surface area contributed by atoms with Crippen molar-refractivity contribution in [3.05, 3.63) is 60.7 Å². The predicted octanol–water partition coefficient (Wildman–Crippen LogP) is 1.98. The first-order valence-electron chi connectivity index (χ1n) is 4.32. The van der Waals surface area contributed by atoms with E-state index in [1.165, 1.54) is 7.16 Å². The average Bonchev–Trinajstić information content (AvgIpc) is 2.21. The van der Waals surface area contributed by atoms with Gasteiger partial charge in [-0.05, 0) is 0 Å². The molecule has 1 heteroatoms. The second-order valence-electron chi connectivity index (χ2n) is 2.86. The van der Waals surface area contributed by atoms with Crippen molar-refractivity contribution in [1.29, 1.82) is 0 Å². The van der Waals surface area contributed by atoms with Gasteiger partial charge in [0.15, 0.2) is 0 Å². The quantitative estimate of drug-likeness (QED) is 0.742. The molecule has 0 bridgehead atoms. The van der Waals surface area contributed by atoms with E-state index in [4.69, 9.17) is 0 Å². The summed E-state index contributed by atoms with van der Waals surface area (Å²) in [7, 11) is 0. The van der Waals surface area contributed by atoms with Crippen LogP contribution in [0.3, 0.4) is 0 Å². The zero-order chi connectivity index (χ0) is 8.93. The van der Waals surface area contributed by atoms with Gasteiger partial charge in [-0.15, -0.1) is 0 Å². The fourth-order valence-corrected chi connectivity index (χ4v) is 4.21. The van der Waals surface area contributed by atoms with E-state index in [0.29, 0.717) is 0 Å². The molecule has 0 heterocycles. The molecule has 2 aromatic rings. The van der Waals surface area contributed by atoms with E-state index in [0.717, 1.165) is 0 Å². The molecule has 0 fully saturated rings. The zero-order valence-electron chi connectivity index (χ0n) is 7.27. The molecule has 0 aliphatic carbocycles. The Bertz CT molecular complexity index is 316. The summed E-state index contributed by atoms with van der Waals surface area (Å²) in [6.07, 6.45) is 0. The summed E-state index contributed by atoms with van der Waals surface area (Å²) in [6, 6.07) is 21.6. The van der Waals surface area contributed by atoms with Crippen molar-refractivity contribution in [2.75, 3.05) is 0 Å². The van der Waals surface area contributed by atoms with Crippen LogP contribution in [-0.4, -0.2) is 21.1 Å². The Hall–Kier alpha value is -0.761. The standard InChI is InChI=1S/2C6H5.CH4.Sn/c2*1-2-4-6-5-3-1;;/h2*1-5H;1H4;. The van der Waals surface area contributed by atoms with E-state index >= 15 is 0 Å². The maximum atomic E-state index is 2.24. The van der Waals surface area contributed by atoms with Crippen molar-refractivity contribution in [3.63, 3.8) is 0 Å². The Morgan fingerprint density at radius 2 is 0.929 bits per heavy atom. The Morgan fingerprint density at radius 1 is 0.571 bits per heavy atom. The van der Waals surface area contributed by atoms with Crippen LogP contribution in [-0.2, 0) is 0 Å². The van der Waals surface area contributed by atoms with Crippen LogP contribution in [0.1, 0.15) is 7.43 Å². The van der Waals surface area contributed by atoms with Crippen molar-refractivity contribution in [2.24, 2.45) is 0 Å². The molecule has 2 rings (SSSR count). The summed E-state index contributed by atoms with van der Waals surface area (Å²) in [6.45, 7) is 0. The molecule has 0 saturated heterocycles. The van der Waals surface area contributed by atoms with Crippen molar-refractivity contribution in [1.82, 2.24) is 0 Å². The van der Waals surface area contributed by atoms with Crippen LogP contribution >= 0.6 is 0 Å². The molecule has 70 valence electrons. The zero-order valence-corrected chi connectivity index (χ0v) is 10.1. The Morgan fingerprint density at radius 3 is 1.29 bits per heavy atom. The van der Waals surface area contributed by atoms with E-state index in [1.54, 1.807) is 0 Å². The molecular weight excluding hydrogens is 275 g/mol. The van der Waals surface area contributed by atoms with Gasteiger partial charge in [0.1, 0.15) is 0 Å². The van der Waals surface area contributed by atoms with Crippen molar-refractivity contribution in [3.8, 4) is 0 Å². The molecule has 0 N–H and O–H groups in total. The minimum absolute atomic E-state index is 0. The molecule has 2 aromatic carbocycles. The summed E-state index contributed by atoms with van der Waals surface area (Å²) < 4.78 is 3.08. The van der Waals surface area contributed by atoms with E-state index in [9.17, 15) is 0 Å². The fourth-order valence-electron chi connectivity index (χ4n) is 1.21. The van der Waals surface area contributed by atoms with Gasteiger partial charge in [0.05, 0.1) is 0 Å². The van der Waals surface area contributed by atoms with E-state index in [1.807, 2.05) is 0 Å². The number of hydrogen-bond donors (Lipinski definition) is 0. The molecule has 0 nitrogen and oxygen atoms in total. The molecule has 0 saturated carbocycles. The van der Waals surface area contributed by atoms with E-state index < -0.39 is 21.1 Å². The summed E-state index contributed by atoms with van der Waals surface area (Å²) in [5, 5.41) is 0. The Balaban J connectivity index is 0.000000980. The Kier molecular flexibility index (Phi) is 4.74. The summed E-state index contributed by atoms with van der Waals surface area (Å²) in [5.41, 5.74) is 0. The van der Waals surface area contributed by atoms with Gasteiger partial charge in [-0.25, -0.2) is 0 Å². The van der Waals surface area contributed by atoms with Gasteiger partial charge in [-0.2, -0.15) is 0 Å². The number of benzene rings is 2. The van der Waals surface area contributed by atoms with Crippen molar-refractivity contribution >= 4 is 28.3 Å². The number of hydrogen-bond acceptors (Lipinski definition) is 0. The summed E-state index contributed by atoms with van der Waals surface area (Å²) in [4.78, 5) is 0. The van der Waals surface area contributed by atoms with Crippen LogP contribution in [0, 0.1) is 0 Å². The van der Waals surface area contributed by atoms with Gasteiger partial charge in [0, 0.05) is 0 Å². The van der Waals surface area contributed by atoms with Crippen molar-refractivity contribution in [2.45, 2.75) is 7.43 Å². The van der Waals surface area contributed by atoms with Gasteiger partial charge in [-0.1, -0.05) is 7.43 Å². The first-order chi connectivity index (χ1) is 6.45. The van der Waals surface area contributed by atoms with E-state index in [2.05, 4.69) is 60.7 Å². The molecule has 0 aromatic heterocycles. The van der Waals surface area contributed by atoms with Gasteiger partial charge < -0.3 is 0 Å². The van der Waals surface area contributed by atoms with Gasteiger partial charge in [0.25, 0.3) is 0 Å². The van der Waals surface area contributed by atoms with Crippen molar-refractivity contribution < 1.29 is 0 Å². The molecule has 0 aliphatic rings. The second kappa shape index (κ2) is 5.86. The monoisotopic (exact) mass is 290 g/mol. The third-order valence-electron chi connectivity index (χ3n) is 1.84. The van der Waals surface area contributed by atoms with Crippen LogP contribution in [0.4, 0.5) is 0 Å². The van der Waals surface area contributed by atoms with E-state index in [-0.39, 0.29) is 7.43 Å². The normalized spacial score (nSPS) is 9.14. The van der Waals surface area contributed by atoms with Crippen LogP contribution in [0.25, 0.3) is 0 Å². The van der Waals surface area contributed by atoms with Gasteiger partial charge in [-0.3, -0.25) is 0 Å². The first kappa shape index (κ1) is 11.3. The Labute approximate surface area is 96.2 Å². The summed E-state index contributed by atoms with van der Waals surface area (Å²) >= 11 is -0.517. The molecule has 14 heavy (non-hydrogen) atoms. The second-order valence-corrected chi connectivity index (χ2v) is 6.87. The van der Waals surface area contributed by atoms with Crippen LogP contribution < -0.4 is 7.16 Å². The fraction of sp³-hybridized carbons (Fsp3) is 0.0769. The van der Waals surface area contributed by atoms with Gasteiger partial charge in [0.2, 0.25) is 0 Å².